The summed E-state index contributed by atoms with van der Waals surface area (Å²) in [5.74, 6) is -1.56. The minimum Gasteiger partial charge on any atom is -0.489 e. The van der Waals surface area contributed by atoms with Gasteiger partial charge in [0.25, 0.3) is 5.91 Å². The SMILES string of the molecule is COC(=O)C1CN(C(N)=O)CCN1C(=O)c1nc(-c2ccc(OC(F)F)c(OCC3CC3)c2)oc1[C@H](C)NC(=O)OC(C)(C)C. The molecule has 4 amide bonds. The molecule has 2 heterocycles. The van der Waals surface area contributed by atoms with E-state index in [4.69, 9.17) is 24.4 Å². The number of benzene rings is 1. The summed E-state index contributed by atoms with van der Waals surface area (Å²) in [7, 11) is 1.14. The van der Waals surface area contributed by atoms with Gasteiger partial charge >= 0.3 is 24.7 Å². The number of urea groups is 1. The average Bonchev–Trinajstić information content (AvgIpc) is 3.69. The molecule has 2 aliphatic rings. The molecule has 16 heteroatoms. The smallest absolute Gasteiger partial charge is 0.408 e. The van der Waals surface area contributed by atoms with Crippen LogP contribution in [0.25, 0.3) is 11.5 Å². The zero-order valence-electron chi connectivity index (χ0n) is 25.6. The van der Waals surface area contributed by atoms with Gasteiger partial charge in [-0.25, -0.2) is 19.4 Å². The number of halogens is 2. The van der Waals surface area contributed by atoms with Crippen LogP contribution >= 0.6 is 0 Å². The Morgan fingerprint density at radius 1 is 1.16 bits per heavy atom. The van der Waals surface area contributed by atoms with Gasteiger partial charge < -0.3 is 44.2 Å². The summed E-state index contributed by atoms with van der Waals surface area (Å²) in [6.07, 6.45) is 1.13. The number of esters is 1. The van der Waals surface area contributed by atoms with Gasteiger partial charge in [-0.15, -0.1) is 0 Å². The summed E-state index contributed by atoms with van der Waals surface area (Å²) in [5, 5.41) is 2.61. The third-order valence-electron chi connectivity index (χ3n) is 6.99. The predicted octanol–water partition coefficient (Wildman–Crippen LogP) is 3.70. The van der Waals surface area contributed by atoms with E-state index in [9.17, 15) is 28.0 Å². The normalized spacial score (nSPS) is 17.5. The molecule has 1 aliphatic carbocycles. The second kappa shape index (κ2) is 13.6. The van der Waals surface area contributed by atoms with E-state index in [1.54, 1.807) is 20.8 Å². The second-order valence-electron chi connectivity index (χ2n) is 11.7. The molecule has 1 saturated heterocycles. The molecule has 14 nitrogen and oxygen atoms in total. The van der Waals surface area contributed by atoms with E-state index >= 15 is 0 Å². The van der Waals surface area contributed by atoms with Gasteiger partial charge in [0.05, 0.1) is 26.3 Å². The maximum atomic E-state index is 14.0. The number of carbonyl (C=O) groups is 4. The highest BCUT2D eigenvalue weighted by molar-refractivity contribution is 5.97. The van der Waals surface area contributed by atoms with Crippen molar-refractivity contribution in [2.24, 2.45) is 11.7 Å². The fourth-order valence-electron chi connectivity index (χ4n) is 4.59. The highest BCUT2D eigenvalue weighted by Crippen LogP contribution is 2.37. The minimum atomic E-state index is -3.09. The molecule has 1 aromatic heterocycles. The highest BCUT2D eigenvalue weighted by Gasteiger charge is 2.40. The Hall–Kier alpha value is -4.63. The lowest BCUT2D eigenvalue weighted by Gasteiger charge is -2.38. The fraction of sp³-hybridized carbons (Fsp3) is 0.552. The van der Waals surface area contributed by atoms with E-state index in [-0.39, 0.29) is 54.0 Å². The van der Waals surface area contributed by atoms with Crippen molar-refractivity contribution in [2.45, 2.75) is 64.8 Å². The number of ether oxygens (including phenoxy) is 4. The molecule has 2 aromatic rings. The van der Waals surface area contributed by atoms with Crippen LogP contribution in [0.3, 0.4) is 0 Å². The number of nitrogens with two attached hydrogens (primary N) is 1. The molecule has 246 valence electrons. The Balaban J connectivity index is 1.73. The number of amides is 4. The number of alkyl carbamates (subject to hydrolysis) is 1. The Bertz CT molecular complexity index is 1420. The van der Waals surface area contributed by atoms with Crippen LogP contribution in [0, 0.1) is 5.92 Å². The standard InChI is InChI=1S/C29H37F2N5O9/c1-15(33-28(40)45-29(2,3)4)22-21(24(37)36-11-10-35(27(32)39)13-18(36)25(38)41-5)34-23(44-22)17-8-9-19(43-26(30)31)20(12-17)42-14-16-6-7-16/h8-9,12,15-16,18,26H,6-7,10-11,13-14H2,1-5H3,(H2,32,39)(H,33,40)/t15-,18?/m0/s1. The number of alkyl halides is 2. The molecule has 4 rings (SSSR count). The number of methoxy groups -OCH3 is 1. The molecule has 3 N–H and O–H groups in total. The maximum absolute atomic E-state index is 14.0. The van der Waals surface area contributed by atoms with Crippen molar-refractivity contribution in [3.8, 4) is 23.0 Å². The molecule has 0 spiro atoms. The first-order valence-electron chi connectivity index (χ1n) is 14.3. The van der Waals surface area contributed by atoms with Crippen LogP contribution in [0.4, 0.5) is 18.4 Å². The first-order chi connectivity index (χ1) is 21.2. The van der Waals surface area contributed by atoms with Crippen molar-refractivity contribution < 1.29 is 51.3 Å². The minimum absolute atomic E-state index is 0.0283. The number of hydrogen-bond donors (Lipinski definition) is 2. The average molecular weight is 638 g/mol. The molecule has 1 unspecified atom stereocenters. The van der Waals surface area contributed by atoms with Crippen LogP contribution in [0.2, 0.25) is 0 Å². The Labute approximate surface area is 258 Å². The van der Waals surface area contributed by atoms with E-state index in [1.165, 1.54) is 34.9 Å². The van der Waals surface area contributed by atoms with Crippen molar-refractivity contribution in [1.82, 2.24) is 20.1 Å². The molecule has 1 saturated carbocycles. The number of nitrogens with zero attached hydrogens (tertiary/aromatic N) is 3. The number of rotatable bonds is 10. The molecule has 2 atom stereocenters. The van der Waals surface area contributed by atoms with Crippen molar-refractivity contribution in [3.05, 3.63) is 29.7 Å². The Morgan fingerprint density at radius 2 is 1.87 bits per heavy atom. The maximum Gasteiger partial charge on any atom is 0.408 e. The van der Waals surface area contributed by atoms with Gasteiger partial charge in [0.1, 0.15) is 11.6 Å². The van der Waals surface area contributed by atoms with Gasteiger partial charge in [0.15, 0.2) is 23.0 Å². The van der Waals surface area contributed by atoms with Crippen LogP contribution in [-0.2, 0) is 14.3 Å². The first-order valence-corrected chi connectivity index (χ1v) is 14.3. The summed E-state index contributed by atoms with van der Waals surface area (Å²) < 4.78 is 52.8. The zero-order chi connectivity index (χ0) is 33.1. The monoisotopic (exact) mass is 637 g/mol. The molecular formula is C29H37F2N5O9. The lowest BCUT2D eigenvalue weighted by molar-refractivity contribution is -0.147. The van der Waals surface area contributed by atoms with Crippen LogP contribution < -0.4 is 20.5 Å². The van der Waals surface area contributed by atoms with Gasteiger partial charge in [-0.2, -0.15) is 8.78 Å². The number of carbonyl (C=O) groups excluding carboxylic acids is 4. The van der Waals surface area contributed by atoms with Gasteiger partial charge in [-0.05, 0) is 64.7 Å². The van der Waals surface area contributed by atoms with Crippen molar-refractivity contribution in [2.75, 3.05) is 33.4 Å². The third kappa shape index (κ3) is 8.51. The van der Waals surface area contributed by atoms with Gasteiger partial charge in [-0.3, -0.25) is 4.79 Å². The molecular weight excluding hydrogens is 600 g/mol. The number of aromatic nitrogens is 1. The number of piperazine rings is 1. The summed E-state index contributed by atoms with van der Waals surface area (Å²) in [6.45, 7) is 3.53. The van der Waals surface area contributed by atoms with E-state index < -0.39 is 48.3 Å². The van der Waals surface area contributed by atoms with E-state index in [2.05, 4.69) is 15.0 Å². The zero-order valence-corrected chi connectivity index (χ0v) is 25.6. The Kier molecular flexibility index (Phi) is 10.0. The lowest BCUT2D eigenvalue weighted by Crippen LogP contribution is -2.60. The summed E-state index contributed by atoms with van der Waals surface area (Å²) in [6, 6.07) is 1.14. The van der Waals surface area contributed by atoms with Crippen molar-refractivity contribution >= 4 is 24.0 Å². The summed E-state index contributed by atoms with van der Waals surface area (Å²) in [4.78, 5) is 57.9. The van der Waals surface area contributed by atoms with Crippen LogP contribution in [0.5, 0.6) is 11.5 Å². The summed E-state index contributed by atoms with van der Waals surface area (Å²) >= 11 is 0. The highest BCUT2D eigenvalue weighted by atomic mass is 19.3. The number of primary amides is 1. The first kappa shape index (κ1) is 33.3. The number of oxazole rings is 1. The molecule has 1 aromatic carbocycles. The van der Waals surface area contributed by atoms with Crippen LogP contribution in [0.1, 0.15) is 62.8 Å². The molecule has 45 heavy (non-hydrogen) atoms. The molecule has 0 radical (unpaired) electrons. The van der Waals surface area contributed by atoms with E-state index in [0.29, 0.717) is 12.5 Å². The van der Waals surface area contributed by atoms with Gasteiger partial charge in [0, 0.05) is 18.7 Å². The molecule has 0 bridgehead atoms. The van der Waals surface area contributed by atoms with E-state index in [0.717, 1.165) is 20.0 Å². The quantitative estimate of drug-likeness (QED) is 0.366. The van der Waals surface area contributed by atoms with E-state index in [1.807, 2.05) is 0 Å². The number of hydrogen-bond acceptors (Lipinski definition) is 10. The summed E-state index contributed by atoms with van der Waals surface area (Å²) in [5.41, 5.74) is 4.60. The van der Waals surface area contributed by atoms with Crippen LogP contribution in [-0.4, -0.2) is 90.4 Å². The molecule has 1 aliphatic heterocycles. The van der Waals surface area contributed by atoms with Crippen molar-refractivity contribution in [1.29, 1.82) is 0 Å². The second-order valence-corrected chi connectivity index (χ2v) is 11.7. The Morgan fingerprint density at radius 3 is 2.47 bits per heavy atom. The largest absolute Gasteiger partial charge is 0.489 e. The molecule has 2 fully saturated rings. The number of nitrogens with one attached hydrogen (secondary N) is 1. The van der Waals surface area contributed by atoms with Gasteiger partial charge in [-0.1, -0.05) is 0 Å². The third-order valence-corrected chi connectivity index (χ3v) is 6.99. The van der Waals surface area contributed by atoms with Crippen LogP contribution in [0.15, 0.2) is 22.6 Å². The predicted molar refractivity (Wildman–Crippen MR) is 153 cm³/mol. The lowest BCUT2D eigenvalue weighted by atomic mass is 10.1. The fourth-order valence-corrected chi connectivity index (χ4v) is 4.59. The topological polar surface area (TPSA) is 176 Å². The van der Waals surface area contributed by atoms with Crippen molar-refractivity contribution in [3.63, 3.8) is 0 Å². The van der Waals surface area contributed by atoms with Gasteiger partial charge in [0.2, 0.25) is 5.89 Å².